The van der Waals surface area contributed by atoms with Gasteiger partial charge in [0.2, 0.25) is 0 Å². The van der Waals surface area contributed by atoms with E-state index in [1.807, 2.05) is 5.38 Å². The Morgan fingerprint density at radius 2 is 2.32 bits per heavy atom. The van der Waals surface area contributed by atoms with E-state index in [0.717, 1.165) is 30.4 Å². The van der Waals surface area contributed by atoms with Gasteiger partial charge in [0.1, 0.15) is 0 Å². The summed E-state index contributed by atoms with van der Waals surface area (Å²) in [5.74, 6) is -0.121. The molecule has 0 saturated carbocycles. The molecule has 0 aliphatic rings. The molecule has 0 aromatic carbocycles. The molecule has 0 fully saturated rings. The highest BCUT2D eigenvalue weighted by atomic mass is 32.1. The van der Waals surface area contributed by atoms with Crippen LogP contribution in [0.5, 0.6) is 0 Å². The molecule has 0 aliphatic carbocycles. The summed E-state index contributed by atoms with van der Waals surface area (Å²) in [4.78, 5) is 14.8. The third-order valence-electron chi connectivity index (χ3n) is 2.51. The van der Waals surface area contributed by atoms with Crippen LogP contribution in [0.3, 0.4) is 0 Å². The molecule has 0 radical (unpaired) electrons. The number of carboxylic acids is 1. The summed E-state index contributed by atoms with van der Waals surface area (Å²) in [6, 6.07) is 0. The number of aromatic nitrogens is 1. The first-order valence-electron chi connectivity index (χ1n) is 6.55. The normalized spacial score (nSPS) is 10.9. The molecule has 0 saturated heterocycles. The first-order chi connectivity index (χ1) is 9.08. The maximum atomic E-state index is 10.4. The second-order valence-corrected chi connectivity index (χ2v) is 5.62. The van der Waals surface area contributed by atoms with Gasteiger partial charge in [0.15, 0.2) is 5.13 Å². The Hall–Kier alpha value is -1.14. The lowest BCUT2D eigenvalue weighted by molar-refractivity contribution is -0.136. The largest absolute Gasteiger partial charge is 0.481 e. The van der Waals surface area contributed by atoms with E-state index in [4.69, 9.17) is 9.84 Å². The van der Waals surface area contributed by atoms with Gasteiger partial charge in [-0.15, -0.1) is 11.3 Å². The van der Waals surface area contributed by atoms with Crippen molar-refractivity contribution < 1.29 is 14.6 Å². The molecule has 108 valence electrons. The van der Waals surface area contributed by atoms with Gasteiger partial charge in [-0.05, 0) is 12.3 Å². The van der Waals surface area contributed by atoms with Crippen molar-refractivity contribution >= 4 is 22.4 Å². The van der Waals surface area contributed by atoms with E-state index < -0.39 is 5.97 Å². The van der Waals surface area contributed by atoms with Crippen LogP contribution in [0, 0.1) is 5.92 Å². The Bertz CT molecular complexity index is 380. The molecule has 2 N–H and O–H groups in total. The zero-order chi connectivity index (χ0) is 14.1. The van der Waals surface area contributed by atoms with Gasteiger partial charge in [0.25, 0.3) is 0 Å². The molecule has 0 atom stereocenters. The van der Waals surface area contributed by atoms with Crippen molar-refractivity contribution in [3.05, 3.63) is 11.1 Å². The number of carbonyl (C=O) groups is 1. The summed E-state index contributed by atoms with van der Waals surface area (Å²) in [5.41, 5.74) is 0.829. The summed E-state index contributed by atoms with van der Waals surface area (Å²) < 4.78 is 5.49. The molecule has 1 heterocycles. The van der Waals surface area contributed by atoms with Gasteiger partial charge in [-0.1, -0.05) is 13.8 Å². The van der Waals surface area contributed by atoms with E-state index in [2.05, 4.69) is 24.1 Å². The fourth-order valence-corrected chi connectivity index (χ4v) is 2.16. The molecule has 1 rings (SSSR count). The van der Waals surface area contributed by atoms with Crippen molar-refractivity contribution in [2.45, 2.75) is 33.1 Å². The van der Waals surface area contributed by atoms with Crippen molar-refractivity contribution in [3.8, 4) is 0 Å². The number of aryl methyl sites for hydroxylation is 1. The summed E-state index contributed by atoms with van der Waals surface area (Å²) in [7, 11) is 0. The Kier molecular flexibility index (Phi) is 7.43. The monoisotopic (exact) mass is 286 g/mol. The summed E-state index contributed by atoms with van der Waals surface area (Å²) in [5, 5.41) is 14.5. The Morgan fingerprint density at radius 1 is 1.53 bits per heavy atom. The van der Waals surface area contributed by atoms with Crippen LogP contribution >= 0.6 is 11.3 Å². The molecule has 5 nitrogen and oxygen atoms in total. The van der Waals surface area contributed by atoms with Crippen molar-refractivity contribution in [1.82, 2.24) is 4.98 Å². The number of hydrogen-bond donors (Lipinski definition) is 2. The number of hydrogen-bond acceptors (Lipinski definition) is 5. The zero-order valence-corrected chi connectivity index (χ0v) is 12.3. The fraction of sp³-hybridized carbons (Fsp3) is 0.692. The number of nitrogens with one attached hydrogen (secondary N) is 1. The van der Waals surface area contributed by atoms with Gasteiger partial charge < -0.3 is 15.2 Å². The highest BCUT2D eigenvalue weighted by molar-refractivity contribution is 7.13. The highest BCUT2D eigenvalue weighted by Crippen LogP contribution is 2.16. The average molecular weight is 286 g/mol. The minimum Gasteiger partial charge on any atom is -0.481 e. The lowest BCUT2D eigenvalue weighted by Gasteiger charge is -2.06. The number of rotatable bonds is 10. The Morgan fingerprint density at radius 3 is 3.00 bits per heavy atom. The first kappa shape index (κ1) is 15.9. The van der Waals surface area contributed by atoms with Gasteiger partial charge >= 0.3 is 5.97 Å². The predicted octanol–water partition coefficient (Wildman–Crippen LogP) is 2.63. The van der Waals surface area contributed by atoms with Crippen LogP contribution in [0.1, 0.15) is 32.4 Å². The third-order valence-corrected chi connectivity index (χ3v) is 3.36. The van der Waals surface area contributed by atoms with Crippen molar-refractivity contribution in [2.24, 2.45) is 5.92 Å². The lowest BCUT2D eigenvalue weighted by Crippen LogP contribution is -2.10. The van der Waals surface area contributed by atoms with Crippen LogP contribution in [0.15, 0.2) is 5.38 Å². The Labute approximate surface area is 118 Å². The fourth-order valence-electron chi connectivity index (χ4n) is 1.39. The highest BCUT2D eigenvalue weighted by Gasteiger charge is 2.04. The second kappa shape index (κ2) is 8.87. The number of nitrogens with zero attached hydrogens (tertiary/aromatic N) is 1. The topological polar surface area (TPSA) is 71.5 Å². The maximum Gasteiger partial charge on any atom is 0.303 e. The number of ether oxygens (including phenoxy) is 1. The molecular formula is C13H22N2O3S. The summed E-state index contributed by atoms with van der Waals surface area (Å²) in [6.07, 6.45) is 1.69. The number of aliphatic carboxylic acids is 1. The minimum absolute atomic E-state index is 0.126. The maximum absolute atomic E-state index is 10.4. The van der Waals surface area contributed by atoms with Crippen LogP contribution in [0.2, 0.25) is 0 Å². The standard InChI is InChI=1S/C13H22N2O3S/c1-10(2)5-7-18-8-6-14-13-15-11(9-19-13)3-4-12(16)17/h9-10H,3-8H2,1-2H3,(H,14,15)(H,16,17). The summed E-state index contributed by atoms with van der Waals surface area (Å²) in [6.45, 7) is 6.54. The number of anilines is 1. The minimum atomic E-state index is -0.791. The van der Waals surface area contributed by atoms with E-state index in [1.54, 1.807) is 0 Å². The molecule has 0 spiro atoms. The molecule has 0 amide bonds. The quantitative estimate of drug-likeness (QED) is 0.647. The molecule has 0 aliphatic heterocycles. The van der Waals surface area contributed by atoms with Crippen molar-refractivity contribution in [2.75, 3.05) is 25.1 Å². The first-order valence-corrected chi connectivity index (χ1v) is 7.43. The number of carboxylic acid groups (broad SMARTS) is 1. The predicted molar refractivity (Wildman–Crippen MR) is 76.8 cm³/mol. The third kappa shape index (κ3) is 7.79. The molecule has 0 unspecified atom stereocenters. The van der Waals surface area contributed by atoms with Crippen LogP contribution in [-0.4, -0.2) is 35.8 Å². The van der Waals surface area contributed by atoms with Crippen LogP contribution in [0.4, 0.5) is 5.13 Å². The van der Waals surface area contributed by atoms with E-state index in [1.165, 1.54) is 11.3 Å². The zero-order valence-electron chi connectivity index (χ0n) is 11.5. The van der Waals surface area contributed by atoms with Gasteiger partial charge in [0, 0.05) is 25.0 Å². The van der Waals surface area contributed by atoms with Gasteiger partial charge in [-0.3, -0.25) is 4.79 Å². The van der Waals surface area contributed by atoms with E-state index >= 15 is 0 Å². The second-order valence-electron chi connectivity index (χ2n) is 4.76. The Balaban J connectivity index is 2.11. The van der Waals surface area contributed by atoms with E-state index in [0.29, 0.717) is 18.9 Å². The van der Waals surface area contributed by atoms with Gasteiger partial charge in [-0.25, -0.2) is 4.98 Å². The molecule has 6 heteroatoms. The molecular weight excluding hydrogens is 264 g/mol. The van der Waals surface area contributed by atoms with Crippen LogP contribution in [-0.2, 0) is 16.0 Å². The van der Waals surface area contributed by atoms with Gasteiger partial charge in [-0.2, -0.15) is 0 Å². The van der Waals surface area contributed by atoms with Crippen molar-refractivity contribution in [3.63, 3.8) is 0 Å². The van der Waals surface area contributed by atoms with Gasteiger partial charge in [0.05, 0.1) is 18.7 Å². The van der Waals surface area contributed by atoms with Crippen LogP contribution < -0.4 is 5.32 Å². The smallest absolute Gasteiger partial charge is 0.303 e. The molecule has 0 bridgehead atoms. The molecule has 1 aromatic heterocycles. The molecule has 19 heavy (non-hydrogen) atoms. The van der Waals surface area contributed by atoms with E-state index in [9.17, 15) is 4.79 Å². The SMILES string of the molecule is CC(C)CCOCCNc1nc(CCC(=O)O)cs1. The van der Waals surface area contributed by atoms with E-state index in [-0.39, 0.29) is 6.42 Å². The number of thiazole rings is 1. The summed E-state index contributed by atoms with van der Waals surface area (Å²) >= 11 is 1.50. The van der Waals surface area contributed by atoms with Crippen molar-refractivity contribution in [1.29, 1.82) is 0 Å². The average Bonchev–Trinajstić information content (AvgIpc) is 2.78. The lowest BCUT2D eigenvalue weighted by atomic mass is 10.1. The van der Waals surface area contributed by atoms with Crippen LogP contribution in [0.25, 0.3) is 0 Å². The molecule has 1 aromatic rings.